The lowest BCUT2D eigenvalue weighted by molar-refractivity contribution is 0.626. The summed E-state index contributed by atoms with van der Waals surface area (Å²) in [7, 11) is 0. The monoisotopic (exact) mass is 364 g/mol. The van der Waals surface area contributed by atoms with Gasteiger partial charge in [-0.25, -0.2) is 13.8 Å². The van der Waals surface area contributed by atoms with E-state index in [4.69, 9.17) is 11.6 Å². The van der Waals surface area contributed by atoms with Crippen LogP contribution in [0.25, 0.3) is 10.4 Å². The summed E-state index contributed by atoms with van der Waals surface area (Å²) in [5.41, 5.74) is 1.47. The van der Waals surface area contributed by atoms with Crippen molar-refractivity contribution in [3.63, 3.8) is 0 Å². The molecule has 0 aliphatic rings. The molecule has 0 unspecified atom stereocenters. The van der Waals surface area contributed by atoms with Crippen molar-refractivity contribution in [2.75, 3.05) is 6.54 Å². The number of hydrogen-bond donors (Lipinski definition) is 1. The van der Waals surface area contributed by atoms with Crippen LogP contribution in [0, 0.1) is 11.6 Å². The molecule has 0 radical (unpaired) electrons. The molecule has 0 saturated heterocycles. The van der Waals surface area contributed by atoms with Gasteiger partial charge in [-0.3, -0.25) is 0 Å². The van der Waals surface area contributed by atoms with E-state index in [0.29, 0.717) is 22.0 Å². The Balaban J connectivity index is 1.56. The van der Waals surface area contributed by atoms with E-state index >= 15 is 0 Å². The maximum Gasteiger partial charge on any atom is 0.133 e. The molecule has 6 heteroatoms. The highest BCUT2D eigenvalue weighted by Crippen LogP contribution is 2.34. The van der Waals surface area contributed by atoms with Crippen LogP contribution in [0.2, 0.25) is 5.02 Å². The Morgan fingerprint density at radius 2 is 1.88 bits per heavy atom. The third kappa shape index (κ3) is 4.17. The lowest BCUT2D eigenvalue weighted by Gasteiger charge is -2.03. The van der Waals surface area contributed by atoms with E-state index in [0.717, 1.165) is 23.5 Å². The van der Waals surface area contributed by atoms with Crippen LogP contribution in [-0.2, 0) is 13.0 Å². The Morgan fingerprint density at radius 1 is 1.08 bits per heavy atom. The summed E-state index contributed by atoms with van der Waals surface area (Å²) < 4.78 is 26.8. The summed E-state index contributed by atoms with van der Waals surface area (Å²) >= 11 is 7.49. The van der Waals surface area contributed by atoms with Gasteiger partial charge >= 0.3 is 0 Å². The van der Waals surface area contributed by atoms with Crippen molar-refractivity contribution in [2.45, 2.75) is 13.0 Å². The van der Waals surface area contributed by atoms with Crippen LogP contribution >= 0.6 is 22.9 Å². The molecule has 1 aromatic heterocycles. The summed E-state index contributed by atoms with van der Waals surface area (Å²) in [6.07, 6.45) is 2.45. The van der Waals surface area contributed by atoms with Crippen LogP contribution in [-0.4, -0.2) is 11.5 Å². The average Bonchev–Trinajstić information content (AvgIpc) is 3.02. The highest BCUT2D eigenvalue weighted by molar-refractivity contribution is 7.15. The fourth-order valence-corrected chi connectivity index (χ4v) is 3.59. The minimum absolute atomic E-state index is 0.228. The Hall–Kier alpha value is -1.82. The summed E-state index contributed by atoms with van der Waals surface area (Å²) in [5, 5.41) is 4.53. The molecular weight excluding hydrogens is 350 g/mol. The molecule has 0 amide bonds. The minimum Gasteiger partial charge on any atom is -0.310 e. The lowest BCUT2D eigenvalue weighted by atomic mass is 10.1. The Labute approximate surface area is 148 Å². The second-order valence-electron chi connectivity index (χ2n) is 5.27. The molecule has 3 rings (SSSR count). The molecular formula is C18H15ClF2N2S. The van der Waals surface area contributed by atoms with E-state index in [1.54, 1.807) is 30.5 Å². The van der Waals surface area contributed by atoms with Crippen LogP contribution in [0.15, 0.2) is 48.7 Å². The van der Waals surface area contributed by atoms with Crippen molar-refractivity contribution in [1.29, 1.82) is 0 Å². The first-order valence-electron chi connectivity index (χ1n) is 7.48. The summed E-state index contributed by atoms with van der Waals surface area (Å²) in [4.78, 5) is 5.03. The lowest BCUT2D eigenvalue weighted by Crippen LogP contribution is -2.16. The first-order chi connectivity index (χ1) is 11.6. The molecule has 24 heavy (non-hydrogen) atoms. The molecule has 124 valence electrons. The summed E-state index contributed by atoms with van der Waals surface area (Å²) in [6, 6.07) is 11.1. The Bertz CT molecular complexity index is 798. The van der Waals surface area contributed by atoms with Gasteiger partial charge in [-0.05, 0) is 42.8 Å². The molecule has 1 heterocycles. The normalized spacial score (nSPS) is 11.0. The maximum absolute atomic E-state index is 13.9. The second kappa shape index (κ2) is 7.83. The van der Waals surface area contributed by atoms with E-state index in [9.17, 15) is 8.78 Å². The van der Waals surface area contributed by atoms with Crippen molar-refractivity contribution < 1.29 is 8.78 Å². The van der Waals surface area contributed by atoms with Crippen molar-refractivity contribution >= 4 is 22.9 Å². The van der Waals surface area contributed by atoms with Gasteiger partial charge in [-0.2, -0.15) is 0 Å². The van der Waals surface area contributed by atoms with E-state index < -0.39 is 0 Å². The van der Waals surface area contributed by atoms with Crippen molar-refractivity contribution in [3.8, 4) is 10.4 Å². The number of benzene rings is 2. The molecule has 0 atom stereocenters. The van der Waals surface area contributed by atoms with Gasteiger partial charge in [-0.1, -0.05) is 29.8 Å². The van der Waals surface area contributed by atoms with Crippen LogP contribution in [0.3, 0.4) is 0 Å². The van der Waals surface area contributed by atoms with Crippen LogP contribution in [0.4, 0.5) is 8.78 Å². The van der Waals surface area contributed by atoms with E-state index in [1.807, 2.05) is 0 Å². The number of thiazole rings is 1. The molecule has 3 aromatic rings. The number of rotatable bonds is 6. The van der Waals surface area contributed by atoms with Crippen molar-refractivity contribution in [1.82, 2.24) is 10.3 Å². The summed E-state index contributed by atoms with van der Waals surface area (Å²) in [6.45, 7) is 1.35. The quantitative estimate of drug-likeness (QED) is 0.617. The molecule has 0 spiro atoms. The van der Waals surface area contributed by atoms with Crippen LogP contribution in [0.1, 0.15) is 10.6 Å². The van der Waals surface area contributed by atoms with Gasteiger partial charge in [0.2, 0.25) is 0 Å². The number of aromatic nitrogens is 1. The van der Waals surface area contributed by atoms with Crippen LogP contribution in [0.5, 0.6) is 0 Å². The van der Waals surface area contributed by atoms with Crippen LogP contribution < -0.4 is 5.32 Å². The predicted molar refractivity (Wildman–Crippen MR) is 94.3 cm³/mol. The number of halogens is 3. The molecule has 0 bridgehead atoms. The topological polar surface area (TPSA) is 24.9 Å². The molecule has 2 aromatic carbocycles. The third-order valence-corrected chi connectivity index (χ3v) is 4.87. The average molecular weight is 365 g/mol. The zero-order valence-electron chi connectivity index (χ0n) is 12.7. The van der Waals surface area contributed by atoms with Gasteiger partial charge < -0.3 is 5.32 Å². The number of hydrogen-bond acceptors (Lipinski definition) is 3. The smallest absolute Gasteiger partial charge is 0.133 e. The first-order valence-corrected chi connectivity index (χ1v) is 8.67. The SMILES string of the molecule is Fc1ccc(CCNCc2ncc(-c3c(F)cccc3Cl)s2)cc1. The number of nitrogens with one attached hydrogen (secondary N) is 1. The standard InChI is InChI=1S/C18H15ClF2N2S/c19-14-2-1-3-15(21)18(14)16-10-23-17(24-16)11-22-9-8-12-4-6-13(20)7-5-12/h1-7,10,22H,8-9,11H2. The fraction of sp³-hybridized carbons (Fsp3) is 0.167. The highest BCUT2D eigenvalue weighted by atomic mass is 35.5. The molecule has 0 aliphatic carbocycles. The van der Waals surface area contributed by atoms with E-state index in [2.05, 4.69) is 10.3 Å². The minimum atomic E-state index is -0.345. The van der Waals surface area contributed by atoms with Gasteiger partial charge in [0.15, 0.2) is 0 Å². The molecule has 1 N–H and O–H groups in total. The van der Waals surface area contributed by atoms with E-state index in [1.165, 1.54) is 29.5 Å². The highest BCUT2D eigenvalue weighted by Gasteiger charge is 2.12. The van der Waals surface area contributed by atoms with Gasteiger partial charge in [0.25, 0.3) is 0 Å². The van der Waals surface area contributed by atoms with Crippen molar-refractivity contribution in [2.24, 2.45) is 0 Å². The summed E-state index contributed by atoms with van der Waals surface area (Å²) in [5.74, 6) is -0.573. The molecule has 0 aliphatic heterocycles. The van der Waals surface area contributed by atoms with Crippen molar-refractivity contribution in [3.05, 3.63) is 75.9 Å². The fourth-order valence-electron chi connectivity index (χ4n) is 2.32. The maximum atomic E-state index is 13.9. The van der Waals surface area contributed by atoms with E-state index in [-0.39, 0.29) is 11.6 Å². The first kappa shape index (κ1) is 17.0. The zero-order valence-corrected chi connectivity index (χ0v) is 14.3. The third-order valence-electron chi connectivity index (χ3n) is 3.54. The molecule has 2 nitrogen and oxygen atoms in total. The second-order valence-corrected chi connectivity index (χ2v) is 6.79. The molecule has 0 saturated carbocycles. The van der Waals surface area contributed by atoms with Gasteiger partial charge in [0.1, 0.15) is 16.6 Å². The largest absolute Gasteiger partial charge is 0.310 e. The Morgan fingerprint density at radius 3 is 2.62 bits per heavy atom. The Kier molecular flexibility index (Phi) is 5.56. The van der Waals surface area contributed by atoms with Gasteiger partial charge in [-0.15, -0.1) is 11.3 Å². The predicted octanol–water partition coefficient (Wildman–Crippen LogP) is 5.07. The van der Waals surface area contributed by atoms with Gasteiger partial charge in [0, 0.05) is 18.3 Å². The molecule has 0 fully saturated rings. The number of nitrogens with zero attached hydrogens (tertiary/aromatic N) is 1. The van der Waals surface area contributed by atoms with Gasteiger partial charge in [0.05, 0.1) is 9.90 Å². The zero-order chi connectivity index (χ0) is 16.9.